The Bertz CT molecular complexity index is 752. The monoisotopic (exact) mass is 372 g/mol. The summed E-state index contributed by atoms with van der Waals surface area (Å²) >= 11 is 5.83. The summed E-state index contributed by atoms with van der Waals surface area (Å²) in [6.45, 7) is 0. The molecule has 1 heterocycles. The highest BCUT2D eigenvalue weighted by Gasteiger charge is 2.30. The van der Waals surface area contributed by atoms with Crippen LogP contribution < -0.4 is 21.7 Å². The SMILES string of the molecule is O=C(CCc1ccc(Cl)cc1)NNC(=O)C1CC(c2ccccc2)NN1. The first kappa shape index (κ1) is 18.4. The Morgan fingerprint density at radius 2 is 1.73 bits per heavy atom. The highest BCUT2D eigenvalue weighted by molar-refractivity contribution is 6.30. The number of hydrogen-bond donors (Lipinski definition) is 4. The molecule has 2 aromatic carbocycles. The third kappa shape index (κ3) is 5.05. The molecule has 1 saturated heterocycles. The molecular weight excluding hydrogens is 352 g/mol. The van der Waals surface area contributed by atoms with E-state index < -0.39 is 6.04 Å². The van der Waals surface area contributed by atoms with Crippen LogP contribution in [0.1, 0.15) is 30.0 Å². The van der Waals surface area contributed by atoms with Crippen LogP contribution in [0.15, 0.2) is 54.6 Å². The number of amides is 2. The van der Waals surface area contributed by atoms with Gasteiger partial charge in [-0.15, -0.1) is 0 Å². The molecule has 6 nitrogen and oxygen atoms in total. The van der Waals surface area contributed by atoms with Crippen LogP contribution in [-0.2, 0) is 16.0 Å². The van der Waals surface area contributed by atoms with Crippen LogP contribution in [0.3, 0.4) is 0 Å². The molecule has 136 valence electrons. The minimum absolute atomic E-state index is 0.0626. The standard InChI is InChI=1S/C19H21ClN4O2/c20-15-9-6-13(7-10-15)8-11-18(25)23-24-19(26)17-12-16(21-22-17)14-4-2-1-3-5-14/h1-7,9-10,16-17,21-22H,8,11-12H2,(H,23,25)(H,24,26). The zero-order chi connectivity index (χ0) is 18.4. The van der Waals surface area contributed by atoms with Crippen molar-refractivity contribution in [3.05, 3.63) is 70.7 Å². The van der Waals surface area contributed by atoms with E-state index in [-0.39, 0.29) is 24.3 Å². The third-order valence-electron chi connectivity index (χ3n) is 4.30. The van der Waals surface area contributed by atoms with Crippen molar-refractivity contribution in [2.45, 2.75) is 31.3 Å². The normalized spacial score (nSPS) is 19.1. The topological polar surface area (TPSA) is 82.3 Å². The van der Waals surface area contributed by atoms with Gasteiger partial charge in [0.05, 0.1) is 0 Å². The molecule has 1 fully saturated rings. The molecule has 1 aliphatic rings. The average molecular weight is 373 g/mol. The molecule has 0 spiro atoms. The van der Waals surface area contributed by atoms with Crippen LogP contribution >= 0.6 is 11.6 Å². The van der Waals surface area contributed by atoms with Gasteiger partial charge in [0.1, 0.15) is 6.04 Å². The highest BCUT2D eigenvalue weighted by atomic mass is 35.5. The second kappa shape index (κ2) is 8.80. The van der Waals surface area contributed by atoms with Crippen molar-refractivity contribution < 1.29 is 9.59 Å². The Morgan fingerprint density at radius 3 is 2.46 bits per heavy atom. The van der Waals surface area contributed by atoms with Gasteiger partial charge in [-0.05, 0) is 36.1 Å². The van der Waals surface area contributed by atoms with Gasteiger partial charge in [0, 0.05) is 17.5 Å². The number of carbonyl (C=O) groups excluding carboxylic acids is 2. The molecule has 2 atom stereocenters. The lowest BCUT2D eigenvalue weighted by molar-refractivity contribution is -0.129. The van der Waals surface area contributed by atoms with Crippen LogP contribution in [-0.4, -0.2) is 17.9 Å². The number of rotatable bonds is 5. The van der Waals surface area contributed by atoms with Gasteiger partial charge in [-0.1, -0.05) is 54.1 Å². The van der Waals surface area contributed by atoms with Crippen molar-refractivity contribution in [2.24, 2.45) is 0 Å². The van der Waals surface area contributed by atoms with Gasteiger partial charge >= 0.3 is 0 Å². The lowest BCUT2D eigenvalue weighted by Gasteiger charge is -2.11. The van der Waals surface area contributed by atoms with Crippen LogP contribution in [0.5, 0.6) is 0 Å². The van der Waals surface area contributed by atoms with Gasteiger partial charge < -0.3 is 0 Å². The van der Waals surface area contributed by atoms with Crippen molar-refractivity contribution >= 4 is 23.4 Å². The predicted molar refractivity (Wildman–Crippen MR) is 99.9 cm³/mol. The summed E-state index contributed by atoms with van der Waals surface area (Å²) in [5.41, 5.74) is 13.1. The molecule has 2 aromatic rings. The van der Waals surface area contributed by atoms with E-state index in [0.29, 0.717) is 17.9 Å². The first-order valence-electron chi connectivity index (χ1n) is 8.51. The van der Waals surface area contributed by atoms with E-state index in [4.69, 9.17) is 11.6 Å². The van der Waals surface area contributed by atoms with Crippen molar-refractivity contribution in [3.63, 3.8) is 0 Å². The second-order valence-corrected chi connectivity index (χ2v) is 6.64. The van der Waals surface area contributed by atoms with E-state index in [9.17, 15) is 9.59 Å². The third-order valence-corrected chi connectivity index (χ3v) is 4.55. The second-order valence-electron chi connectivity index (χ2n) is 6.20. The molecule has 2 unspecified atom stereocenters. The molecule has 1 aliphatic heterocycles. The largest absolute Gasteiger partial charge is 0.273 e. The summed E-state index contributed by atoms with van der Waals surface area (Å²) in [5.74, 6) is -0.505. The number of aryl methyl sites for hydroxylation is 1. The van der Waals surface area contributed by atoms with Gasteiger partial charge in [0.25, 0.3) is 5.91 Å². The fourth-order valence-corrected chi connectivity index (χ4v) is 2.95. The Kier molecular flexibility index (Phi) is 6.22. The fraction of sp³-hybridized carbons (Fsp3) is 0.263. The summed E-state index contributed by atoms with van der Waals surface area (Å²) < 4.78 is 0. The maximum Gasteiger partial charge on any atom is 0.256 e. The fourth-order valence-electron chi connectivity index (χ4n) is 2.82. The summed E-state index contributed by atoms with van der Waals surface area (Å²) in [5, 5.41) is 0.664. The summed E-state index contributed by atoms with van der Waals surface area (Å²) in [4.78, 5) is 24.1. The predicted octanol–water partition coefficient (Wildman–Crippen LogP) is 2.03. The molecule has 4 N–H and O–H groups in total. The van der Waals surface area contributed by atoms with E-state index in [1.807, 2.05) is 42.5 Å². The van der Waals surface area contributed by atoms with Crippen molar-refractivity contribution in [1.82, 2.24) is 21.7 Å². The van der Waals surface area contributed by atoms with Crippen LogP contribution in [0, 0.1) is 0 Å². The zero-order valence-corrected chi connectivity index (χ0v) is 14.9. The van der Waals surface area contributed by atoms with E-state index in [0.717, 1.165) is 11.1 Å². The first-order chi connectivity index (χ1) is 12.6. The quantitative estimate of drug-likeness (QED) is 0.605. The van der Waals surface area contributed by atoms with E-state index >= 15 is 0 Å². The van der Waals surface area contributed by atoms with Crippen molar-refractivity contribution in [2.75, 3.05) is 0 Å². The van der Waals surface area contributed by atoms with Crippen molar-refractivity contribution in [3.8, 4) is 0 Å². The number of nitrogens with one attached hydrogen (secondary N) is 4. The molecule has 26 heavy (non-hydrogen) atoms. The Balaban J connectivity index is 1.40. The Labute approximate surface area is 157 Å². The molecule has 0 bridgehead atoms. The number of hydrogen-bond acceptors (Lipinski definition) is 4. The maximum absolute atomic E-state index is 12.2. The Hall–Kier alpha value is -2.41. The van der Waals surface area contributed by atoms with Gasteiger partial charge in [-0.3, -0.25) is 20.4 Å². The smallest absolute Gasteiger partial charge is 0.256 e. The highest BCUT2D eigenvalue weighted by Crippen LogP contribution is 2.21. The number of halogens is 1. The maximum atomic E-state index is 12.2. The Morgan fingerprint density at radius 1 is 1.00 bits per heavy atom. The zero-order valence-electron chi connectivity index (χ0n) is 14.2. The van der Waals surface area contributed by atoms with Crippen molar-refractivity contribution in [1.29, 1.82) is 0 Å². The molecule has 2 amide bonds. The molecule has 0 radical (unpaired) electrons. The van der Waals surface area contributed by atoms with Crippen LogP contribution in [0.2, 0.25) is 5.02 Å². The first-order valence-corrected chi connectivity index (χ1v) is 8.89. The van der Waals surface area contributed by atoms with E-state index in [2.05, 4.69) is 21.7 Å². The lowest BCUT2D eigenvalue weighted by atomic mass is 10.0. The number of carbonyl (C=O) groups is 2. The van der Waals surface area contributed by atoms with Gasteiger partial charge in [0.2, 0.25) is 5.91 Å². The van der Waals surface area contributed by atoms with Crippen LogP contribution in [0.25, 0.3) is 0 Å². The average Bonchev–Trinajstić information content (AvgIpc) is 3.17. The lowest BCUT2D eigenvalue weighted by Crippen LogP contribution is -2.50. The summed E-state index contributed by atoms with van der Waals surface area (Å²) in [6.07, 6.45) is 1.47. The van der Waals surface area contributed by atoms with Gasteiger partial charge in [-0.25, -0.2) is 10.9 Å². The number of hydrazine groups is 2. The molecular formula is C19H21ClN4O2. The minimum atomic E-state index is -0.406. The summed E-state index contributed by atoms with van der Waals surface area (Å²) in [7, 11) is 0. The van der Waals surface area contributed by atoms with Crippen LogP contribution in [0.4, 0.5) is 0 Å². The van der Waals surface area contributed by atoms with E-state index in [1.165, 1.54) is 0 Å². The molecule has 0 aliphatic carbocycles. The summed E-state index contributed by atoms with van der Waals surface area (Å²) in [6, 6.07) is 16.9. The molecule has 7 heteroatoms. The number of benzene rings is 2. The minimum Gasteiger partial charge on any atom is -0.273 e. The molecule has 3 rings (SSSR count). The van der Waals surface area contributed by atoms with Gasteiger partial charge in [-0.2, -0.15) is 0 Å². The van der Waals surface area contributed by atoms with E-state index in [1.54, 1.807) is 12.1 Å². The van der Waals surface area contributed by atoms with Gasteiger partial charge in [0.15, 0.2) is 0 Å². The molecule has 0 aromatic heterocycles. The molecule has 0 saturated carbocycles.